The first-order valence-electron chi connectivity index (χ1n) is 5.74. The first kappa shape index (κ1) is 13.3. The Kier molecular flexibility index (Phi) is 3.59. The third kappa shape index (κ3) is 2.22. The summed E-state index contributed by atoms with van der Waals surface area (Å²) in [5.74, 6) is -1.32. The van der Waals surface area contributed by atoms with Crippen molar-refractivity contribution in [2.75, 3.05) is 6.61 Å². The summed E-state index contributed by atoms with van der Waals surface area (Å²) < 4.78 is 18.3. The van der Waals surface area contributed by atoms with E-state index < -0.39 is 17.2 Å². The molecule has 0 radical (unpaired) electrons. The van der Waals surface area contributed by atoms with Crippen LogP contribution in [0, 0.1) is 11.2 Å². The lowest BCUT2D eigenvalue weighted by Gasteiger charge is -2.27. The number of ether oxygens (including phenoxy) is 1. The summed E-state index contributed by atoms with van der Waals surface area (Å²) in [5, 5.41) is 9.70. The highest BCUT2D eigenvalue weighted by atomic mass is 35.5. The monoisotopic (exact) mass is 272 g/mol. The van der Waals surface area contributed by atoms with Crippen LogP contribution in [0.2, 0.25) is 5.02 Å². The zero-order chi connectivity index (χ0) is 13.3. The molecule has 2 rings (SSSR count). The van der Waals surface area contributed by atoms with Gasteiger partial charge in [-0.05, 0) is 37.5 Å². The van der Waals surface area contributed by atoms with Gasteiger partial charge in [0.15, 0.2) is 0 Å². The maximum atomic E-state index is 13.0. The number of carbonyl (C=O) groups is 1. The van der Waals surface area contributed by atoms with Crippen LogP contribution in [0.5, 0.6) is 0 Å². The predicted octanol–water partition coefficient (Wildman–Crippen LogP) is 2.90. The minimum absolute atomic E-state index is 0.253. The molecular formula is C13H14ClFO3. The number of rotatable bonds is 3. The minimum atomic E-state index is -0.971. The Morgan fingerprint density at radius 3 is 2.89 bits per heavy atom. The Morgan fingerprint density at radius 2 is 2.39 bits per heavy atom. The molecule has 1 aliphatic rings. The molecule has 1 aromatic rings. The van der Waals surface area contributed by atoms with E-state index in [1.54, 1.807) is 6.92 Å². The first-order chi connectivity index (χ1) is 8.45. The number of halogens is 2. The molecule has 1 aliphatic heterocycles. The molecule has 1 heterocycles. The fraction of sp³-hybridized carbons (Fsp3) is 0.462. The summed E-state index contributed by atoms with van der Waals surface area (Å²) in [6, 6.07) is 4.03. The van der Waals surface area contributed by atoms with E-state index in [0.29, 0.717) is 18.6 Å². The number of benzene rings is 1. The van der Waals surface area contributed by atoms with Crippen molar-refractivity contribution < 1.29 is 19.0 Å². The molecule has 1 aromatic carbocycles. The molecule has 1 fully saturated rings. The Morgan fingerprint density at radius 1 is 1.67 bits per heavy atom. The Bertz CT molecular complexity index is 477. The zero-order valence-electron chi connectivity index (χ0n) is 9.95. The van der Waals surface area contributed by atoms with Crippen LogP contribution in [0.1, 0.15) is 18.9 Å². The number of carboxylic acid groups (broad SMARTS) is 1. The van der Waals surface area contributed by atoms with Crippen LogP contribution in [0.25, 0.3) is 0 Å². The zero-order valence-corrected chi connectivity index (χ0v) is 10.7. The molecule has 3 nitrogen and oxygen atoms in total. The second-order valence-corrected chi connectivity index (χ2v) is 5.04. The highest BCUT2D eigenvalue weighted by Crippen LogP contribution is 2.39. The molecule has 2 unspecified atom stereocenters. The molecule has 0 bridgehead atoms. The first-order valence-corrected chi connectivity index (χ1v) is 6.12. The number of carboxylic acids is 1. The van der Waals surface area contributed by atoms with Gasteiger partial charge in [0.1, 0.15) is 5.82 Å². The van der Waals surface area contributed by atoms with Gasteiger partial charge in [-0.25, -0.2) is 4.39 Å². The van der Waals surface area contributed by atoms with Crippen molar-refractivity contribution in [1.29, 1.82) is 0 Å². The van der Waals surface area contributed by atoms with E-state index in [-0.39, 0.29) is 17.5 Å². The van der Waals surface area contributed by atoms with Crippen LogP contribution >= 0.6 is 11.6 Å². The van der Waals surface area contributed by atoms with E-state index >= 15 is 0 Å². The van der Waals surface area contributed by atoms with Gasteiger partial charge in [0.2, 0.25) is 0 Å². The van der Waals surface area contributed by atoms with Crippen molar-refractivity contribution in [3.8, 4) is 0 Å². The largest absolute Gasteiger partial charge is 0.481 e. The minimum Gasteiger partial charge on any atom is -0.481 e. The van der Waals surface area contributed by atoms with Crippen LogP contribution in [0.4, 0.5) is 4.39 Å². The van der Waals surface area contributed by atoms with Gasteiger partial charge in [0.25, 0.3) is 0 Å². The van der Waals surface area contributed by atoms with E-state index in [1.807, 2.05) is 0 Å². The van der Waals surface area contributed by atoms with Crippen LogP contribution in [-0.4, -0.2) is 23.8 Å². The third-order valence-electron chi connectivity index (χ3n) is 3.64. The van der Waals surface area contributed by atoms with Crippen LogP contribution in [0.3, 0.4) is 0 Å². The molecule has 1 saturated heterocycles. The smallest absolute Gasteiger partial charge is 0.312 e. The molecule has 98 valence electrons. The molecule has 1 N–H and O–H groups in total. The van der Waals surface area contributed by atoms with Crippen molar-refractivity contribution in [3.63, 3.8) is 0 Å². The summed E-state index contributed by atoms with van der Waals surface area (Å²) in [4.78, 5) is 11.5. The third-order valence-corrected chi connectivity index (χ3v) is 3.99. The van der Waals surface area contributed by atoms with E-state index in [4.69, 9.17) is 16.3 Å². The quantitative estimate of drug-likeness (QED) is 0.920. The van der Waals surface area contributed by atoms with Crippen molar-refractivity contribution >= 4 is 17.6 Å². The lowest BCUT2D eigenvalue weighted by Crippen LogP contribution is -2.39. The Hall–Kier alpha value is -1.13. The summed E-state index contributed by atoms with van der Waals surface area (Å²) in [5.41, 5.74) is -0.334. The molecule has 0 amide bonds. The second kappa shape index (κ2) is 4.86. The second-order valence-electron chi connectivity index (χ2n) is 4.64. The van der Waals surface area contributed by atoms with Gasteiger partial charge >= 0.3 is 5.97 Å². The summed E-state index contributed by atoms with van der Waals surface area (Å²) >= 11 is 5.95. The number of aliphatic carboxylic acids is 1. The molecule has 0 spiro atoms. The highest BCUT2D eigenvalue weighted by Gasteiger charge is 2.48. The topological polar surface area (TPSA) is 46.5 Å². The van der Waals surface area contributed by atoms with E-state index in [0.717, 1.165) is 0 Å². The fourth-order valence-electron chi connectivity index (χ4n) is 2.37. The van der Waals surface area contributed by atoms with Gasteiger partial charge in [-0.1, -0.05) is 17.7 Å². The summed E-state index contributed by atoms with van der Waals surface area (Å²) in [6.45, 7) is 2.17. The van der Waals surface area contributed by atoms with Gasteiger partial charge in [-0.3, -0.25) is 4.79 Å². The maximum Gasteiger partial charge on any atom is 0.312 e. The fourth-order valence-corrected chi connectivity index (χ4v) is 2.61. The van der Waals surface area contributed by atoms with Gasteiger partial charge in [-0.2, -0.15) is 0 Å². The van der Waals surface area contributed by atoms with Gasteiger partial charge < -0.3 is 9.84 Å². The van der Waals surface area contributed by atoms with E-state index in [9.17, 15) is 14.3 Å². The van der Waals surface area contributed by atoms with Crippen LogP contribution in [-0.2, 0) is 16.0 Å². The molecule has 0 aliphatic carbocycles. The molecule has 18 heavy (non-hydrogen) atoms. The van der Waals surface area contributed by atoms with Crippen LogP contribution in [0.15, 0.2) is 18.2 Å². The SMILES string of the molecule is CC1OCCC1(Cc1ccc(F)cc1Cl)C(=O)O. The molecular weight excluding hydrogens is 259 g/mol. The average molecular weight is 273 g/mol. The lowest BCUT2D eigenvalue weighted by atomic mass is 9.76. The molecule has 5 heteroatoms. The predicted molar refractivity (Wildman–Crippen MR) is 65.2 cm³/mol. The maximum absolute atomic E-state index is 13.0. The van der Waals surface area contributed by atoms with Gasteiger partial charge in [-0.15, -0.1) is 0 Å². The normalized spacial score (nSPS) is 27.4. The van der Waals surface area contributed by atoms with Crippen molar-refractivity contribution in [1.82, 2.24) is 0 Å². The highest BCUT2D eigenvalue weighted by molar-refractivity contribution is 6.31. The molecule has 0 aromatic heterocycles. The van der Waals surface area contributed by atoms with Crippen molar-refractivity contribution in [3.05, 3.63) is 34.6 Å². The van der Waals surface area contributed by atoms with E-state index in [1.165, 1.54) is 18.2 Å². The standard InChI is InChI=1S/C13H14ClFO3/c1-8-13(12(16)17,4-5-18-8)7-9-2-3-10(15)6-11(9)14/h2-3,6,8H,4-5,7H2,1H3,(H,16,17). The number of hydrogen-bond donors (Lipinski definition) is 1. The van der Waals surface area contributed by atoms with Crippen molar-refractivity contribution in [2.45, 2.75) is 25.9 Å². The Balaban J connectivity index is 2.32. The van der Waals surface area contributed by atoms with Crippen molar-refractivity contribution in [2.24, 2.45) is 5.41 Å². The molecule has 2 atom stereocenters. The van der Waals surface area contributed by atoms with Crippen LogP contribution < -0.4 is 0 Å². The summed E-state index contributed by atoms with van der Waals surface area (Å²) in [7, 11) is 0. The number of hydrogen-bond acceptors (Lipinski definition) is 2. The Labute approximate surface area is 110 Å². The van der Waals surface area contributed by atoms with E-state index in [2.05, 4.69) is 0 Å². The summed E-state index contributed by atoms with van der Waals surface area (Å²) in [6.07, 6.45) is 0.316. The van der Waals surface area contributed by atoms with Gasteiger partial charge in [0, 0.05) is 11.6 Å². The lowest BCUT2D eigenvalue weighted by molar-refractivity contribution is -0.151. The molecule has 0 saturated carbocycles. The van der Waals surface area contributed by atoms with Gasteiger partial charge in [0.05, 0.1) is 11.5 Å². The average Bonchev–Trinajstić information content (AvgIpc) is 2.65.